The number of anilines is 1. The molecule has 1 saturated carbocycles. The molecular weight excluding hydrogens is 302 g/mol. The highest BCUT2D eigenvalue weighted by Crippen LogP contribution is 2.38. The Labute approximate surface area is 123 Å². The fraction of sp³-hybridized carbons (Fsp3) is 0.667. The first-order valence-corrected chi connectivity index (χ1v) is 8.20. The topological polar surface area (TPSA) is 42.1 Å². The van der Waals surface area contributed by atoms with Gasteiger partial charge in [0.25, 0.3) is 0 Å². The van der Waals surface area contributed by atoms with E-state index in [1.54, 1.807) is 0 Å². The van der Waals surface area contributed by atoms with Crippen molar-refractivity contribution in [2.45, 2.75) is 51.1 Å². The molecule has 104 valence electrons. The molecule has 0 unspecified atom stereocenters. The van der Waals surface area contributed by atoms with Gasteiger partial charge in [0, 0.05) is 35.4 Å². The molecule has 2 fully saturated rings. The number of fused-ring (bicyclic) bond motifs is 1. The fourth-order valence-corrected chi connectivity index (χ4v) is 4.15. The number of rotatable bonds is 2. The smallest absolute Gasteiger partial charge is 0.133 e. The number of piperidine rings is 1. The summed E-state index contributed by atoms with van der Waals surface area (Å²) >= 11 is 3.49. The van der Waals surface area contributed by atoms with E-state index in [-0.39, 0.29) is 0 Å². The summed E-state index contributed by atoms with van der Waals surface area (Å²) in [6.07, 6.45) is 10.1. The van der Waals surface area contributed by atoms with Gasteiger partial charge in [-0.2, -0.15) is 0 Å². The van der Waals surface area contributed by atoms with Crippen molar-refractivity contribution in [3.05, 3.63) is 22.3 Å². The van der Waals surface area contributed by atoms with E-state index < -0.39 is 0 Å². The van der Waals surface area contributed by atoms with Gasteiger partial charge >= 0.3 is 0 Å². The molecule has 19 heavy (non-hydrogen) atoms. The molecule has 2 N–H and O–H groups in total. The van der Waals surface area contributed by atoms with Crippen molar-refractivity contribution in [2.75, 3.05) is 11.4 Å². The van der Waals surface area contributed by atoms with Crippen LogP contribution in [0.5, 0.6) is 0 Å². The van der Waals surface area contributed by atoms with E-state index in [4.69, 9.17) is 5.73 Å². The summed E-state index contributed by atoms with van der Waals surface area (Å²) < 4.78 is 1.02. The summed E-state index contributed by atoms with van der Waals surface area (Å²) in [6, 6.07) is 2.82. The fourth-order valence-electron chi connectivity index (χ4n) is 3.77. The number of nitrogens with two attached hydrogens (primary N) is 1. The van der Waals surface area contributed by atoms with E-state index in [1.807, 2.05) is 6.20 Å². The molecule has 0 bridgehead atoms. The van der Waals surface area contributed by atoms with Gasteiger partial charge in [-0.3, -0.25) is 0 Å². The Morgan fingerprint density at radius 1 is 1.26 bits per heavy atom. The molecule has 3 nitrogen and oxygen atoms in total. The summed E-state index contributed by atoms with van der Waals surface area (Å²) in [7, 11) is 0. The Hall–Kier alpha value is -0.610. The maximum atomic E-state index is 5.91. The number of aromatic nitrogens is 1. The molecule has 1 aliphatic heterocycles. The Kier molecular flexibility index (Phi) is 4.08. The van der Waals surface area contributed by atoms with Gasteiger partial charge in [0.1, 0.15) is 5.82 Å². The van der Waals surface area contributed by atoms with Gasteiger partial charge in [-0.15, -0.1) is 0 Å². The van der Waals surface area contributed by atoms with Crippen LogP contribution in [0.4, 0.5) is 5.82 Å². The zero-order chi connectivity index (χ0) is 13.2. The number of hydrogen-bond acceptors (Lipinski definition) is 3. The first-order valence-electron chi connectivity index (χ1n) is 7.40. The third kappa shape index (κ3) is 2.65. The second-order valence-corrected chi connectivity index (χ2v) is 6.70. The molecule has 1 aliphatic carbocycles. The molecule has 2 heterocycles. The highest BCUT2D eigenvalue weighted by molar-refractivity contribution is 9.10. The molecule has 2 aliphatic rings. The molecule has 1 aromatic heterocycles. The number of pyridine rings is 1. The lowest BCUT2D eigenvalue weighted by Crippen LogP contribution is -2.47. The van der Waals surface area contributed by atoms with Crippen LogP contribution in [0.1, 0.15) is 44.1 Å². The summed E-state index contributed by atoms with van der Waals surface area (Å²) in [5.41, 5.74) is 7.07. The average molecular weight is 324 g/mol. The Morgan fingerprint density at radius 2 is 2.05 bits per heavy atom. The normalized spacial score (nSPS) is 27.2. The Balaban J connectivity index is 1.91. The molecule has 0 radical (unpaired) electrons. The van der Waals surface area contributed by atoms with E-state index in [1.165, 1.54) is 44.1 Å². The van der Waals surface area contributed by atoms with Crippen LogP contribution < -0.4 is 10.6 Å². The summed E-state index contributed by atoms with van der Waals surface area (Å²) in [5, 5.41) is 0. The molecule has 2 atom stereocenters. The molecule has 1 aromatic rings. The first kappa shape index (κ1) is 13.4. The lowest BCUT2D eigenvalue weighted by molar-refractivity contribution is 0.242. The van der Waals surface area contributed by atoms with Crippen LogP contribution in [0.3, 0.4) is 0 Å². The SMILES string of the molecule is NCc1cc(Br)cnc1N1CCC[C@H]2CCCC[C@H]21. The van der Waals surface area contributed by atoms with Crippen LogP contribution >= 0.6 is 15.9 Å². The molecule has 0 aromatic carbocycles. The van der Waals surface area contributed by atoms with Gasteiger partial charge in [-0.1, -0.05) is 12.8 Å². The zero-order valence-electron chi connectivity index (χ0n) is 11.3. The van der Waals surface area contributed by atoms with E-state index in [0.29, 0.717) is 12.6 Å². The molecule has 4 heteroatoms. The van der Waals surface area contributed by atoms with Crippen LogP contribution in [0.2, 0.25) is 0 Å². The van der Waals surface area contributed by atoms with Gasteiger partial charge in [0.2, 0.25) is 0 Å². The second kappa shape index (κ2) is 5.80. The summed E-state index contributed by atoms with van der Waals surface area (Å²) in [4.78, 5) is 7.21. The lowest BCUT2D eigenvalue weighted by atomic mass is 9.78. The van der Waals surface area contributed by atoms with Gasteiger partial charge < -0.3 is 10.6 Å². The Bertz CT molecular complexity index is 447. The van der Waals surface area contributed by atoms with Gasteiger partial charge in [-0.05, 0) is 53.6 Å². The monoisotopic (exact) mass is 323 g/mol. The van der Waals surface area contributed by atoms with E-state index in [2.05, 4.69) is 31.9 Å². The second-order valence-electron chi connectivity index (χ2n) is 5.79. The maximum Gasteiger partial charge on any atom is 0.133 e. The van der Waals surface area contributed by atoms with Crippen LogP contribution in [0.15, 0.2) is 16.7 Å². The molecule has 1 saturated heterocycles. The van der Waals surface area contributed by atoms with Crippen LogP contribution in [-0.4, -0.2) is 17.6 Å². The minimum atomic E-state index is 0.565. The predicted octanol–water partition coefficient (Wildman–Crippen LogP) is 3.46. The summed E-state index contributed by atoms with van der Waals surface area (Å²) in [6.45, 7) is 1.71. The first-order chi connectivity index (χ1) is 9.29. The third-order valence-corrected chi connectivity index (χ3v) is 5.08. The van der Waals surface area contributed by atoms with Crippen molar-refractivity contribution in [2.24, 2.45) is 11.7 Å². The molecule has 0 amide bonds. The maximum absolute atomic E-state index is 5.91. The quantitative estimate of drug-likeness (QED) is 0.906. The van der Waals surface area contributed by atoms with Crippen LogP contribution in [0.25, 0.3) is 0 Å². The highest BCUT2D eigenvalue weighted by atomic mass is 79.9. The Morgan fingerprint density at radius 3 is 2.89 bits per heavy atom. The van der Waals surface area contributed by atoms with Gasteiger partial charge in [-0.25, -0.2) is 4.98 Å². The van der Waals surface area contributed by atoms with Crippen molar-refractivity contribution in [1.82, 2.24) is 4.98 Å². The predicted molar refractivity (Wildman–Crippen MR) is 82.2 cm³/mol. The largest absolute Gasteiger partial charge is 0.353 e. The van der Waals surface area contributed by atoms with Crippen molar-refractivity contribution >= 4 is 21.7 Å². The van der Waals surface area contributed by atoms with E-state index in [0.717, 1.165) is 22.8 Å². The van der Waals surface area contributed by atoms with Gasteiger partial charge in [0.05, 0.1) is 0 Å². The minimum Gasteiger partial charge on any atom is -0.353 e. The highest BCUT2D eigenvalue weighted by Gasteiger charge is 2.34. The van der Waals surface area contributed by atoms with Crippen LogP contribution in [0, 0.1) is 5.92 Å². The molecule has 0 spiro atoms. The van der Waals surface area contributed by atoms with Crippen molar-refractivity contribution in [1.29, 1.82) is 0 Å². The number of nitrogens with zero attached hydrogens (tertiary/aromatic N) is 2. The van der Waals surface area contributed by atoms with Crippen molar-refractivity contribution in [3.8, 4) is 0 Å². The van der Waals surface area contributed by atoms with E-state index >= 15 is 0 Å². The zero-order valence-corrected chi connectivity index (χ0v) is 12.9. The summed E-state index contributed by atoms with van der Waals surface area (Å²) in [5.74, 6) is 2.00. The lowest BCUT2D eigenvalue weighted by Gasteiger charge is -2.45. The molecule has 3 rings (SSSR count). The van der Waals surface area contributed by atoms with Crippen LogP contribution in [-0.2, 0) is 6.54 Å². The molecular formula is C15H22BrN3. The number of halogens is 1. The van der Waals surface area contributed by atoms with Crippen molar-refractivity contribution in [3.63, 3.8) is 0 Å². The van der Waals surface area contributed by atoms with E-state index in [9.17, 15) is 0 Å². The average Bonchev–Trinajstić information content (AvgIpc) is 2.46. The van der Waals surface area contributed by atoms with Gasteiger partial charge in [0.15, 0.2) is 0 Å². The standard InChI is InChI=1S/C15H22BrN3/c16-13-8-12(9-17)15(18-10-13)19-7-3-5-11-4-1-2-6-14(11)19/h8,10-11,14H,1-7,9,17H2/t11-,14-/m1/s1. The third-order valence-electron chi connectivity index (χ3n) is 4.64. The number of hydrogen-bond donors (Lipinski definition) is 1. The van der Waals surface area contributed by atoms with Crippen molar-refractivity contribution < 1.29 is 0 Å². The minimum absolute atomic E-state index is 0.565.